The number of hydrogen-bond donors (Lipinski definition) is 1. The van der Waals surface area contributed by atoms with Crippen LogP contribution >= 0.6 is 23.4 Å². The van der Waals surface area contributed by atoms with Crippen molar-refractivity contribution in [2.75, 3.05) is 0 Å². The Labute approximate surface area is 214 Å². The summed E-state index contributed by atoms with van der Waals surface area (Å²) in [6, 6.07) is 11.2. The highest BCUT2D eigenvalue weighted by Gasteiger charge is 2.31. The van der Waals surface area contributed by atoms with Gasteiger partial charge in [-0.2, -0.15) is 5.10 Å². The molecule has 0 fully saturated rings. The van der Waals surface area contributed by atoms with Gasteiger partial charge in [-0.15, -0.1) is 13.2 Å². The number of ether oxygens (including phenoxy) is 1. The van der Waals surface area contributed by atoms with Crippen LogP contribution in [0.2, 0.25) is 5.02 Å². The molecular formula is C24H15ClF3N3O5S. The summed E-state index contributed by atoms with van der Waals surface area (Å²) in [6.45, 7) is 1.63. The molecule has 5 rings (SSSR count). The Bertz CT molecular complexity index is 1810. The lowest BCUT2D eigenvalue weighted by molar-refractivity contribution is -0.274. The lowest BCUT2D eigenvalue weighted by Crippen LogP contribution is -2.22. The molecule has 5 aromatic rings. The van der Waals surface area contributed by atoms with Crippen molar-refractivity contribution in [3.05, 3.63) is 80.0 Å². The van der Waals surface area contributed by atoms with Crippen molar-refractivity contribution in [1.82, 2.24) is 14.3 Å². The summed E-state index contributed by atoms with van der Waals surface area (Å²) in [5.41, 5.74) is -1.03. The van der Waals surface area contributed by atoms with Gasteiger partial charge >= 0.3 is 12.0 Å². The number of alkyl halides is 3. The first-order valence-corrected chi connectivity index (χ1v) is 11.7. The van der Waals surface area contributed by atoms with Gasteiger partial charge in [-0.1, -0.05) is 29.4 Å². The zero-order chi connectivity index (χ0) is 26.6. The number of benzene rings is 2. The largest absolute Gasteiger partial charge is 0.573 e. The molecule has 3 heterocycles. The average Bonchev–Trinajstić information content (AvgIpc) is 3.10. The Balaban J connectivity index is 1.79. The summed E-state index contributed by atoms with van der Waals surface area (Å²) in [5.74, 6) is -1.08. The maximum absolute atomic E-state index is 13.8. The molecule has 2 aromatic carbocycles. The molecule has 0 aliphatic heterocycles. The first-order chi connectivity index (χ1) is 17.4. The van der Waals surface area contributed by atoms with Crippen LogP contribution in [0.1, 0.15) is 5.69 Å². The van der Waals surface area contributed by atoms with Crippen LogP contribution in [-0.4, -0.2) is 25.8 Å². The topological polar surface area (TPSA) is 99.5 Å². The summed E-state index contributed by atoms with van der Waals surface area (Å²) in [6.07, 6.45) is -4.88. The monoisotopic (exact) mass is 549 g/mol. The first-order valence-electron chi connectivity index (χ1n) is 10.5. The van der Waals surface area contributed by atoms with Crippen LogP contribution in [0, 0.1) is 6.92 Å². The zero-order valence-corrected chi connectivity index (χ0v) is 20.5. The number of fused-ring (bicyclic) bond motifs is 3. The van der Waals surface area contributed by atoms with E-state index in [0.717, 1.165) is 23.9 Å². The fourth-order valence-corrected chi connectivity index (χ4v) is 5.18. The van der Waals surface area contributed by atoms with E-state index < -0.39 is 29.0 Å². The third kappa shape index (κ3) is 4.42. The number of aromatic hydroxyl groups is 1. The van der Waals surface area contributed by atoms with Crippen LogP contribution < -0.4 is 15.9 Å². The molecular weight excluding hydrogens is 535 g/mol. The SMILES string of the molecule is Cc1nn(C)c2c1c1oc(=O)c(Sc3cccc(Cl)c3)c(O)c1c(=O)n2-c1ccc(OC(F)(F)F)cc1. The molecule has 0 atom stereocenters. The second kappa shape index (κ2) is 8.89. The minimum Gasteiger partial charge on any atom is -0.505 e. The summed E-state index contributed by atoms with van der Waals surface area (Å²) in [5, 5.41) is 15.8. The number of hydrogen-bond acceptors (Lipinski definition) is 7. The molecule has 0 amide bonds. The summed E-state index contributed by atoms with van der Waals surface area (Å²) < 4.78 is 49.8. The van der Waals surface area contributed by atoms with E-state index in [2.05, 4.69) is 9.84 Å². The van der Waals surface area contributed by atoms with Gasteiger partial charge in [-0.3, -0.25) is 14.0 Å². The van der Waals surface area contributed by atoms with Gasteiger partial charge in [0.1, 0.15) is 21.7 Å². The molecule has 13 heteroatoms. The molecule has 0 saturated heterocycles. The van der Waals surface area contributed by atoms with Gasteiger partial charge < -0.3 is 14.3 Å². The standard InChI is InChI=1S/C24H15ClF3N3O5S/c1-11-16-19-17(18(32)20(23(34)35-19)37-15-5-3-4-12(25)10-15)22(33)31(21(16)30(2)29-11)13-6-8-14(9-7-13)36-24(26,27)28/h3-10,32H,1-2H3. The first kappa shape index (κ1) is 24.8. The van der Waals surface area contributed by atoms with Crippen molar-refractivity contribution in [3.63, 3.8) is 0 Å². The number of nitrogens with zero attached hydrogens (tertiary/aromatic N) is 3. The van der Waals surface area contributed by atoms with Crippen molar-refractivity contribution in [1.29, 1.82) is 0 Å². The molecule has 0 aliphatic rings. The Kier molecular flexibility index (Phi) is 5.95. The quantitative estimate of drug-likeness (QED) is 0.314. The summed E-state index contributed by atoms with van der Waals surface area (Å²) >= 11 is 6.89. The van der Waals surface area contributed by atoms with Crippen molar-refractivity contribution in [3.8, 4) is 17.2 Å². The Hall–Kier alpha value is -3.90. The van der Waals surface area contributed by atoms with E-state index in [0.29, 0.717) is 15.6 Å². The predicted molar refractivity (Wildman–Crippen MR) is 131 cm³/mol. The van der Waals surface area contributed by atoms with Crippen LogP contribution in [0.3, 0.4) is 0 Å². The predicted octanol–water partition coefficient (Wildman–Crippen LogP) is 5.55. The van der Waals surface area contributed by atoms with Gasteiger partial charge in [0, 0.05) is 17.0 Å². The van der Waals surface area contributed by atoms with Crippen LogP contribution in [0.5, 0.6) is 11.5 Å². The molecule has 0 radical (unpaired) electrons. The summed E-state index contributed by atoms with van der Waals surface area (Å²) in [7, 11) is 1.56. The molecule has 37 heavy (non-hydrogen) atoms. The number of pyridine rings is 1. The Morgan fingerprint density at radius 1 is 1.11 bits per heavy atom. The van der Waals surface area contributed by atoms with Crippen LogP contribution in [0.25, 0.3) is 27.7 Å². The van der Waals surface area contributed by atoms with Gasteiger partial charge in [0.15, 0.2) is 11.3 Å². The van der Waals surface area contributed by atoms with Crippen molar-refractivity contribution in [2.45, 2.75) is 23.1 Å². The van der Waals surface area contributed by atoms with Gasteiger partial charge in [0.05, 0.1) is 16.8 Å². The molecule has 0 spiro atoms. The molecule has 0 unspecified atom stereocenters. The lowest BCUT2D eigenvalue weighted by atomic mass is 10.1. The highest BCUT2D eigenvalue weighted by Crippen LogP contribution is 2.38. The number of aryl methyl sites for hydroxylation is 2. The Morgan fingerprint density at radius 3 is 2.46 bits per heavy atom. The molecule has 0 bridgehead atoms. The number of halogens is 4. The van der Waals surface area contributed by atoms with Gasteiger partial charge in [0.2, 0.25) is 0 Å². The smallest absolute Gasteiger partial charge is 0.505 e. The van der Waals surface area contributed by atoms with E-state index in [4.69, 9.17) is 16.0 Å². The summed E-state index contributed by atoms with van der Waals surface area (Å²) in [4.78, 5) is 27.0. The van der Waals surface area contributed by atoms with Crippen LogP contribution in [0.4, 0.5) is 13.2 Å². The second-order valence-corrected chi connectivity index (χ2v) is 9.44. The van der Waals surface area contributed by atoms with E-state index in [1.165, 1.54) is 21.4 Å². The highest BCUT2D eigenvalue weighted by atomic mass is 35.5. The van der Waals surface area contributed by atoms with Crippen LogP contribution in [-0.2, 0) is 7.05 Å². The molecule has 0 aliphatic carbocycles. The van der Waals surface area contributed by atoms with E-state index in [9.17, 15) is 27.9 Å². The van der Waals surface area contributed by atoms with Crippen molar-refractivity contribution < 1.29 is 27.4 Å². The molecule has 0 saturated carbocycles. The molecule has 8 nitrogen and oxygen atoms in total. The molecule has 1 N–H and O–H groups in total. The fraction of sp³-hybridized carbons (Fsp3) is 0.125. The minimum atomic E-state index is -4.88. The maximum Gasteiger partial charge on any atom is 0.573 e. The molecule has 3 aromatic heterocycles. The van der Waals surface area contributed by atoms with Crippen LogP contribution in [0.15, 0.2) is 72.3 Å². The van der Waals surface area contributed by atoms with Crippen molar-refractivity contribution in [2.24, 2.45) is 7.05 Å². The molecule has 190 valence electrons. The maximum atomic E-state index is 13.8. The van der Waals surface area contributed by atoms with Crippen molar-refractivity contribution >= 4 is 45.4 Å². The Morgan fingerprint density at radius 2 is 1.81 bits per heavy atom. The highest BCUT2D eigenvalue weighted by molar-refractivity contribution is 7.99. The number of aromatic nitrogens is 3. The third-order valence-electron chi connectivity index (χ3n) is 5.45. The second-order valence-electron chi connectivity index (χ2n) is 7.92. The normalized spacial score (nSPS) is 11.9. The lowest BCUT2D eigenvalue weighted by Gasteiger charge is -2.14. The van der Waals surface area contributed by atoms with Gasteiger partial charge in [0.25, 0.3) is 5.56 Å². The van der Waals surface area contributed by atoms with E-state index in [1.807, 2.05) is 0 Å². The fourth-order valence-electron chi connectivity index (χ4n) is 4.03. The van der Waals surface area contributed by atoms with E-state index in [1.54, 1.807) is 38.2 Å². The zero-order valence-electron chi connectivity index (χ0n) is 19.0. The third-order valence-corrected chi connectivity index (χ3v) is 6.74. The minimum absolute atomic E-state index is 0.156. The average molecular weight is 550 g/mol. The van der Waals surface area contributed by atoms with Gasteiger partial charge in [-0.25, -0.2) is 4.79 Å². The van der Waals surface area contributed by atoms with Gasteiger partial charge in [-0.05, 0) is 49.4 Å². The van der Waals surface area contributed by atoms with E-state index in [-0.39, 0.29) is 32.6 Å². The number of rotatable bonds is 4. The van der Waals surface area contributed by atoms with E-state index >= 15 is 0 Å².